The Kier molecular flexibility index (Phi) is 2.24. The highest BCUT2D eigenvalue weighted by molar-refractivity contribution is 6.06. The molecule has 0 aliphatic carbocycles. The Balaban J connectivity index is 2.34. The smallest absolute Gasteiger partial charge is 0.145 e. The predicted octanol–water partition coefficient (Wildman–Crippen LogP) is 3.84. The lowest BCUT2D eigenvalue weighted by molar-refractivity contribution is 0.421. The third kappa shape index (κ3) is 1.32. The highest BCUT2D eigenvalue weighted by Crippen LogP contribution is 2.42. The highest BCUT2D eigenvalue weighted by Gasteiger charge is 2.22. The minimum atomic E-state index is 0.905. The van der Waals surface area contributed by atoms with Crippen LogP contribution < -0.4 is 4.74 Å². The van der Waals surface area contributed by atoms with E-state index in [0.717, 1.165) is 38.9 Å². The van der Waals surface area contributed by atoms with Crippen molar-refractivity contribution in [3.05, 3.63) is 48.5 Å². The summed E-state index contributed by atoms with van der Waals surface area (Å²) in [5.41, 5.74) is 3.22. The van der Waals surface area contributed by atoms with Crippen LogP contribution in [-0.2, 0) is 7.05 Å². The van der Waals surface area contributed by atoms with Crippen LogP contribution in [0.2, 0.25) is 0 Å². The number of pyridine rings is 1. The van der Waals surface area contributed by atoms with E-state index in [1.165, 1.54) is 0 Å². The molecule has 2 heterocycles. The minimum Gasteiger partial charge on any atom is -0.495 e. The van der Waals surface area contributed by atoms with Gasteiger partial charge in [0, 0.05) is 17.8 Å². The monoisotopic (exact) mass is 262 g/mol. The van der Waals surface area contributed by atoms with Crippen LogP contribution in [0.1, 0.15) is 0 Å². The number of methoxy groups -OCH3 is 1. The second-order valence-electron chi connectivity index (χ2n) is 4.94. The first kappa shape index (κ1) is 11.3. The molecule has 4 rings (SSSR count). The zero-order valence-electron chi connectivity index (χ0n) is 11.4. The molecular weight excluding hydrogens is 248 g/mol. The summed E-state index contributed by atoms with van der Waals surface area (Å²) >= 11 is 0. The van der Waals surface area contributed by atoms with Crippen molar-refractivity contribution in [1.82, 2.24) is 9.55 Å². The van der Waals surface area contributed by atoms with Crippen molar-refractivity contribution in [3.8, 4) is 17.1 Å². The van der Waals surface area contributed by atoms with Gasteiger partial charge in [-0.15, -0.1) is 0 Å². The molecule has 2 aromatic rings. The van der Waals surface area contributed by atoms with Gasteiger partial charge < -0.3 is 9.30 Å². The Morgan fingerprint density at radius 1 is 0.950 bits per heavy atom. The van der Waals surface area contributed by atoms with Crippen molar-refractivity contribution in [1.29, 1.82) is 0 Å². The summed E-state index contributed by atoms with van der Waals surface area (Å²) in [6.45, 7) is 0. The molecule has 0 atom stereocenters. The van der Waals surface area contributed by atoms with E-state index < -0.39 is 0 Å². The lowest BCUT2D eigenvalue weighted by Gasteiger charge is -2.16. The molecule has 0 saturated heterocycles. The zero-order chi connectivity index (χ0) is 13.7. The first-order chi connectivity index (χ1) is 9.81. The fraction of sp³-hybridized carbons (Fsp3) is 0.118. The molecule has 20 heavy (non-hydrogen) atoms. The number of hydrogen-bond donors (Lipinski definition) is 0. The number of fused-ring (bicyclic) bond motifs is 4. The second kappa shape index (κ2) is 3.97. The molecule has 2 aliphatic rings. The van der Waals surface area contributed by atoms with Crippen LogP contribution >= 0.6 is 0 Å². The molecule has 0 radical (unpaired) electrons. The van der Waals surface area contributed by atoms with Gasteiger partial charge in [-0.05, 0) is 18.2 Å². The summed E-state index contributed by atoms with van der Waals surface area (Å²) in [6.07, 6.45) is 0. The van der Waals surface area contributed by atoms with Gasteiger partial charge in [0.15, 0.2) is 0 Å². The van der Waals surface area contributed by atoms with Gasteiger partial charge in [0.05, 0.1) is 23.7 Å². The first-order valence-corrected chi connectivity index (χ1v) is 6.61. The van der Waals surface area contributed by atoms with E-state index >= 15 is 0 Å². The summed E-state index contributed by atoms with van der Waals surface area (Å²) in [5.74, 6) is 1.86. The Morgan fingerprint density at radius 3 is 2.45 bits per heavy atom. The standard InChI is InChI=1S/C17H14N2O/c1-19-14-10-6-4-8-12(14)16(20-2)15-11-7-3-5-9-13(11)18-17(15)19/h3-10H,1-2H3. The van der Waals surface area contributed by atoms with Crippen LogP contribution in [0, 0.1) is 0 Å². The number of rotatable bonds is 1. The summed E-state index contributed by atoms with van der Waals surface area (Å²) in [5, 5.41) is 2.25. The van der Waals surface area contributed by atoms with Gasteiger partial charge in [-0.25, -0.2) is 4.98 Å². The zero-order valence-corrected chi connectivity index (χ0v) is 11.4. The maximum absolute atomic E-state index is 5.71. The van der Waals surface area contributed by atoms with E-state index in [0.29, 0.717) is 0 Å². The van der Waals surface area contributed by atoms with Crippen LogP contribution in [-0.4, -0.2) is 16.7 Å². The fourth-order valence-electron chi connectivity index (χ4n) is 2.96. The molecule has 3 heteroatoms. The van der Waals surface area contributed by atoms with Gasteiger partial charge in [-0.2, -0.15) is 0 Å². The summed E-state index contributed by atoms with van der Waals surface area (Å²) in [6, 6.07) is 16.5. The average molecular weight is 262 g/mol. The third-order valence-corrected chi connectivity index (χ3v) is 3.88. The lowest BCUT2D eigenvalue weighted by atomic mass is 10.1. The van der Waals surface area contributed by atoms with Crippen molar-refractivity contribution >= 4 is 21.8 Å². The summed E-state index contributed by atoms with van der Waals surface area (Å²) < 4.78 is 7.84. The van der Waals surface area contributed by atoms with Gasteiger partial charge in [0.1, 0.15) is 11.6 Å². The minimum absolute atomic E-state index is 0.905. The molecule has 0 saturated carbocycles. The lowest BCUT2D eigenvalue weighted by Crippen LogP contribution is -2.02. The Hall–Kier alpha value is -2.55. The number of nitrogens with zero attached hydrogens (tertiary/aromatic N) is 2. The number of aromatic nitrogens is 2. The second-order valence-corrected chi connectivity index (χ2v) is 4.94. The maximum Gasteiger partial charge on any atom is 0.145 e. The summed E-state index contributed by atoms with van der Waals surface area (Å²) in [4.78, 5) is 4.76. The van der Waals surface area contributed by atoms with E-state index in [4.69, 9.17) is 9.72 Å². The molecular formula is C17H14N2O. The number of aryl methyl sites for hydroxylation is 1. The molecule has 0 N–H and O–H groups in total. The number of hydrogen-bond acceptors (Lipinski definition) is 2. The van der Waals surface area contributed by atoms with Crippen LogP contribution in [0.25, 0.3) is 33.2 Å². The van der Waals surface area contributed by atoms with Crippen molar-refractivity contribution < 1.29 is 4.74 Å². The van der Waals surface area contributed by atoms with Crippen LogP contribution in [0.3, 0.4) is 0 Å². The summed E-state index contributed by atoms with van der Waals surface area (Å²) in [7, 11) is 3.78. The van der Waals surface area contributed by atoms with Crippen molar-refractivity contribution in [2.24, 2.45) is 7.05 Å². The van der Waals surface area contributed by atoms with Crippen LogP contribution in [0.5, 0.6) is 5.75 Å². The van der Waals surface area contributed by atoms with Gasteiger partial charge in [0.2, 0.25) is 0 Å². The molecule has 0 amide bonds. The maximum atomic E-state index is 5.71. The van der Waals surface area contributed by atoms with E-state index in [1.807, 2.05) is 30.3 Å². The van der Waals surface area contributed by atoms with Crippen molar-refractivity contribution in [3.63, 3.8) is 0 Å². The van der Waals surface area contributed by atoms with Crippen LogP contribution in [0.15, 0.2) is 48.5 Å². The Morgan fingerprint density at radius 2 is 1.65 bits per heavy atom. The normalized spacial score (nSPS) is 11.5. The van der Waals surface area contributed by atoms with E-state index in [2.05, 4.69) is 29.8 Å². The van der Waals surface area contributed by atoms with E-state index in [-0.39, 0.29) is 0 Å². The molecule has 0 unspecified atom stereocenters. The Bertz CT molecular complexity index is 908. The highest BCUT2D eigenvalue weighted by atomic mass is 16.5. The molecule has 98 valence electrons. The van der Waals surface area contributed by atoms with Crippen molar-refractivity contribution in [2.45, 2.75) is 0 Å². The fourth-order valence-corrected chi connectivity index (χ4v) is 2.96. The number of para-hydroxylation sites is 2. The Labute approximate surface area is 116 Å². The van der Waals surface area contributed by atoms with Crippen molar-refractivity contribution in [2.75, 3.05) is 7.11 Å². The molecule has 2 aliphatic heterocycles. The first-order valence-electron chi connectivity index (χ1n) is 6.61. The molecule has 0 bridgehead atoms. The number of benzene rings is 2. The van der Waals surface area contributed by atoms with Crippen LogP contribution in [0.4, 0.5) is 0 Å². The molecule has 0 spiro atoms. The largest absolute Gasteiger partial charge is 0.495 e. The topological polar surface area (TPSA) is 27.1 Å². The molecule has 0 fully saturated rings. The van der Waals surface area contributed by atoms with Gasteiger partial charge in [-0.3, -0.25) is 0 Å². The van der Waals surface area contributed by atoms with E-state index in [9.17, 15) is 0 Å². The molecule has 3 nitrogen and oxygen atoms in total. The van der Waals surface area contributed by atoms with E-state index in [1.54, 1.807) is 7.11 Å². The predicted molar refractivity (Wildman–Crippen MR) is 81.4 cm³/mol. The van der Waals surface area contributed by atoms with Gasteiger partial charge in [0.25, 0.3) is 0 Å². The van der Waals surface area contributed by atoms with Gasteiger partial charge in [-0.1, -0.05) is 30.3 Å². The molecule has 2 aromatic carbocycles. The quantitative estimate of drug-likeness (QED) is 0.521. The molecule has 0 aromatic heterocycles. The third-order valence-electron chi connectivity index (χ3n) is 3.88. The number of ether oxygens (including phenoxy) is 1. The SMILES string of the molecule is COc1c2c3ccccc3nc-2n(C)c2ccccc12. The van der Waals surface area contributed by atoms with Gasteiger partial charge >= 0.3 is 0 Å². The average Bonchev–Trinajstić information content (AvgIpc) is 2.88.